The summed E-state index contributed by atoms with van der Waals surface area (Å²) in [6.07, 6.45) is 0.637. The topological polar surface area (TPSA) is 90.6 Å². The third kappa shape index (κ3) is 2.81. The van der Waals surface area contributed by atoms with E-state index in [4.69, 9.17) is 9.47 Å². The van der Waals surface area contributed by atoms with Crippen molar-refractivity contribution in [2.45, 2.75) is 26.4 Å². The summed E-state index contributed by atoms with van der Waals surface area (Å²) in [5.41, 5.74) is -0.609. The first-order valence-corrected chi connectivity index (χ1v) is 6.26. The van der Waals surface area contributed by atoms with Gasteiger partial charge in [-0.15, -0.1) is 0 Å². The van der Waals surface area contributed by atoms with Crippen molar-refractivity contribution < 1.29 is 24.2 Å². The molecule has 1 aromatic carbocycles. The van der Waals surface area contributed by atoms with Crippen LogP contribution in [0.3, 0.4) is 0 Å². The molecule has 0 saturated heterocycles. The van der Waals surface area contributed by atoms with Gasteiger partial charge in [0, 0.05) is 0 Å². The van der Waals surface area contributed by atoms with Crippen LogP contribution < -0.4 is 4.74 Å². The Hall–Kier alpha value is -2.57. The summed E-state index contributed by atoms with van der Waals surface area (Å²) >= 11 is 0. The van der Waals surface area contributed by atoms with Gasteiger partial charge in [0.25, 0.3) is 0 Å². The number of fused-ring (bicyclic) bond motifs is 1. The zero-order valence-corrected chi connectivity index (χ0v) is 12.2. The highest BCUT2D eigenvalue weighted by atomic mass is 16.6. The van der Waals surface area contributed by atoms with Crippen molar-refractivity contribution in [3.05, 3.63) is 23.9 Å². The van der Waals surface area contributed by atoms with Gasteiger partial charge in [-0.05, 0) is 32.9 Å². The number of ether oxygens (including phenoxy) is 2. The number of hydrogen-bond acceptors (Lipinski definition) is 5. The molecule has 0 atom stereocenters. The number of hydrogen-bond donors (Lipinski definition) is 1. The summed E-state index contributed by atoms with van der Waals surface area (Å²) in [6.45, 7) is 5.15. The molecular formula is C14H16N2O5. The van der Waals surface area contributed by atoms with E-state index in [1.165, 1.54) is 25.4 Å². The molecule has 1 heterocycles. The average Bonchev–Trinajstić information content (AvgIpc) is 2.79. The molecule has 0 unspecified atom stereocenters. The lowest BCUT2D eigenvalue weighted by Crippen LogP contribution is -2.28. The van der Waals surface area contributed by atoms with Gasteiger partial charge in [0.05, 0.1) is 29.8 Å². The van der Waals surface area contributed by atoms with Crippen LogP contribution in [-0.4, -0.2) is 39.7 Å². The molecule has 21 heavy (non-hydrogen) atoms. The number of rotatable bonds is 2. The SMILES string of the molecule is COc1ccc(C(=O)O)c2c1cnn2C(=O)OC(C)(C)C. The standard InChI is InChI=1S/C14H16N2O5/c1-14(2,3)21-13(19)16-11-8(12(17)18)5-6-10(20-4)9(11)7-15-16/h5-7H,1-4H3,(H,17,18). The Kier molecular flexibility index (Phi) is 3.59. The Morgan fingerprint density at radius 1 is 1.29 bits per heavy atom. The minimum atomic E-state index is -1.16. The Bertz CT molecular complexity index is 712. The van der Waals surface area contributed by atoms with Gasteiger partial charge in [-0.25, -0.2) is 9.59 Å². The largest absolute Gasteiger partial charge is 0.496 e. The fraction of sp³-hybridized carbons (Fsp3) is 0.357. The molecular weight excluding hydrogens is 276 g/mol. The van der Waals surface area contributed by atoms with Crippen LogP contribution in [0.1, 0.15) is 31.1 Å². The molecule has 0 aliphatic heterocycles. The second-order valence-corrected chi connectivity index (χ2v) is 5.42. The first-order chi connectivity index (χ1) is 9.74. The molecule has 0 aliphatic carbocycles. The van der Waals surface area contributed by atoms with E-state index in [0.29, 0.717) is 11.1 Å². The van der Waals surface area contributed by atoms with Gasteiger partial charge in [-0.2, -0.15) is 9.78 Å². The van der Waals surface area contributed by atoms with Crippen LogP contribution in [0, 0.1) is 0 Å². The predicted octanol–water partition coefficient (Wildman–Crippen LogP) is 2.53. The first-order valence-electron chi connectivity index (χ1n) is 6.26. The molecule has 0 aliphatic rings. The normalized spacial score (nSPS) is 11.4. The van der Waals surface area contributed by atoms with Crippen molar-refractivity contribution in [2.24, 2.45) is 0 Å². The fourth-order valence-corrected chi connectivity index (χ4v) is 1.91. The molecule has 7 heteroatoms. The third-order valence-corrected chi connectivity index (χ3v) is 2.71. The lowest BCUT2D eigenvalue weighted by Gasteiger charge is -2.19. The molecule has 0 spiro atoms. The van der Waals surface area contributed by atoms with Gasteiger partial charge in [0.1, 0.15) is 11.4 Å². The summed E-state index contributed by atoms with van der Waals surface area (Å²) in [5, 5.41) is 13.6. The molecule has 0 radical (unpaired) electrons. The number of aromatic nitrogens is 2. The van der Waals surface area contributed by atoms with E-state index in [1.807, 2.05) is 0 Å². The summed E-state index contributed by atoms with van der Waals surface area (Å²) < 4.78 is 11.3. The average molecular weight is 292 g/mol. The fourth-order valence-electron chi connectivity index (χ4n) is 1.91. The lowest BCUT2D eigenvalue weighted by atomic mass is 10.1. The maximum atomic E-state index is 12.2. The number of carbonyl (C=O) groups excluding carboxylic acids is 1. The number of methoxy groups -OCH3 is 1. The lowest BCUT2D eigenvalue weighted by molar-refractivity contribution is 0.0522. The highest BCUT2D eigenvalue weighted by Gasteiger charge is 2.24. The van der Waals surface area contributed by atoms with Gasteiger partial charge in [0.2, 0.25) is 0 Å². The maximum Gasteiger partial charge on any atom is 0.435 e. The summed E-state index contributed by atoms with van der Waals surface area (Å²) in [5.74, 6) is -0.724. The van der Waals surface area contributed by atoms with E-state index in [0.717, 1.165) is 4.68 Å². The monoisotopic (exact) mass is 292 g/mol. The van der Waals surface area contributed by atoms with Crippen molar-refractivity contribution in [2.75, 3.05) is 7.11 Å². The molecule has 0 saturated carbocycles. The molecule has 2 rings (SSSR count). The third-order valence-electron chi connectivity index (χ3n) is 2.71. The quantitative estimate of drug-likeness (QED) is 0.914. The van der Waals surface area contributed by atoms with E-state index in [9.17, 15) is 14.7 Å². The van der Waals surface area contributed by atoms with E-state index in [-0.39, 0.29) is 11.1 Å². The van der Waals surface area contributed by atoms with Gasteiger partial charge < -0.3 is 14.6 Å². The molecule has 7 nitrogen and oxygen atoms in total. The molecule has 112 valence electrons. The first kappa shape index (κ1) is 14.8. The van der Waals surface area contributed by atoms with Crippen LogP contribution in [0.25, 0.3) is 10.9 Å². The van der Waals surface area contributed by atoms with Crippen molar-refractivity contribution in [3.8, 4) is 5.75 Å². The number of nitrogens with zero attached hydrogens (tertiary/aromatic N) is 2. The molecule has 0 amide bonds. The van der Waals surface area contributed by atoms with E-state index in [1.54, 1.807) is 20.8 Å². The van der Waals surface area contributed by atoms with Crippen LogP contribution in [0.2, 0.25) is 0 Å². The van der Waals surface area contributed by atoms with E-state index < -0.39 is 17.7 Å². The van der Waals surface area contributed by atoms with Crippen molar-refractivity contribution >= 4 is 23.0 Å². The van der Waals surface area contributed by atoms with Crippen LogP contribution in [0.4, 0.5) is 4.79 Å². The van der Waals surface area contributed by atoms with Gasteiger partial charge >= 0.3 is 12.1 Å². The number of aromatic carboxylic acids is 1. The Balaban J connectivity index is 2.65. The number of carbonyl (C=O) groups is 2. The van der Waals surface area contributed by atoms with Crippen molar-refractivity contribution in [1.29, 1.82) is 0 Å². The van der Waals surface area contributed by atoms with Gasteiger partial charge in [-0.3, -0.25) is 0 Å². The second kappa shape index (κ2) is 5.08. The molecule has 2 aromatic rings. The van der Waals surface area contributed by atoms with Gasteiger partial charge in [-0.1, -0.05) is 0 Å². The molecule has 1 aromatic heterocycles. The van der Waals surface area contributed by atoms with Gasteiger partial charge in [0.15, 0.2) is 0 Å². The van der Waals surface area contributed by atoms with Crippen LogP contribution in [-0.2, 0) is 4.74 Å². The van der Waals surface area contributed by atoms with Crippen LogP contribution >= 0.6 is 0 Å². The minimum absolute atomic E-state index is 0.0471. The Labute approximate surface area is 121 Å². The molecule has 0 bridgehead atoms. The van der Waals surface area contributed by atoms with Crippen LogP contribution in [0.5, 0.6) is 5.75 Å². The summed E-state index contributed by atoms with van der Waals surface area (Å²) in [4.78, 5) is 23.5. The second-order valence-electron chi connectivity index (χ2n) is 5.42. The molecule has 0 fully saturated rings. The van der Waals surface area contributed by atoms with Crippen molar-refractivity contribution in [1.82, 2.24) is 9.78 Å². The number of carboxylic acid groups (broad SMARTS) is 1. The Morgan fingerprint density at radius 2 is 1.95 bits per heavy atom. The highest BCUT2D eigenvalue weighted by molar-refractivity contribution is 6.06. The zero-order valence-electron chi connectivity index (χ0n) is 12.2. The smallest absolute Gasteiger partial charge is 0.435 e. The van der Waals surface area contributed by atoms with E-state index in [2.05, 4.69) is 5.10 Å². The zero-order chi connectivity index (χ0) is 15.8. The predicted molar refractivity (Wildman–Crippen MR) is 74.9 cm³/mol. The summed E-state index contributed by atoms with van der Waals surface area (Å²) in [6, 6.07) is 2.89. The maximum absolute atomic E-state index is 12.2. The number of benzene rings is 1. The summed E-state index contributed by atoms with van der Waals surface area (Å²) in [7, 11) is 1.46. The van der Waals surface area contributed by atoms with Crippen LogP contribution in [0.15, 0.2) is 18.3 Å². The Morgan fingerprint density at radius 3 is 2.48 bits per heavy atom. The number of carboxylic acids is 1. The highest BCUT2D eigenvalue weighted by Crippen LogP contribution is 2.29. The van der Waals surface area contributed by atoms with Crippen molar-refractivity contribution in [3.63, 3.8) is 0 Å². The van der Waals surface area contributed by atoms with E-state index >= 15 is 0 Å². The molecule has 1 N–H and O–H groups in total. The minimum Gasteiger partial charge on any atom is -0.496 e.